The zero-order valence-electron chi connectivity index (χ0n) is 16.3. The molecule has 2 unspecified atom stereocenters. The number of aliphatic hydroxyl groups excluding tert-OH is 1. The number of aliphatic hydroxyl groups is 1. The normalized spacial score (nSPS) is 12.9. The number of hydrogen-bond donors (Lipinski definition) is 2. The molecule has 4 nitrogen and oxygen atoms in total. The predicted molar refractivity (Wildman–Crippen MR) is 124 cm³/mol. The summed E-state index contributed by atoms with van der Waals surface area (Å²) in [5.41, 5.74) is 1.62. The number of benzene rings is 2. The average Bonchev–Trinajstić information content (AvgIpc) is 2.71. The number of carbonyl (C=O) groups excluding carboxylic acids is 2. The van der Waals surface area contributed by atoms with E-state index in [1.807, 2.05) is 42.7 Å². The van der Waals surface area contributed by atoms with Crippen LogP contribution in [-0.2, 0) is 11.2 Å². The highest BCUT2D eigenvalue weighted by Crippen LogP contribution is 2.25. The number of nitrogens with one attached hydrogen (secondary N) is 1. The van der Waals surface area contributed by atoms with Gasteiger partial charge in [-0.1, -0.05) is 65.8 Å². The van der Waals surface area contributed by atoms with Crippen LogP contribution in [0.25, 0.3) is 0 Å². The minimum atomic E-state index is -0.207. The monoisotopic (exact) mass is 451 g/mol. The number of amides is 1. The Kier molecular flexibility index (Phi) is 10.6. The van der Waals surface area contributed by atoms with Crippen LogP contribution in [-0.4, -0.2) is 39.6 Å². The van der Waals surface area contributed by atoms with Crippen LogP contribution in [0, 0.1) is 0 Å². The molecule has 7 heteroatoms. The third kappa shape index (κ3) is 8.83. The van der Waals surface area contributed by atoms with Gasteiger partial charge in [0.05, 0.1) is 5.37 Å². The molecule has 29 heavy (non-hydrogen) atoms. The van der Waals surface area contributed by atoms with Crippen LogP contribution < -0.4 is 5.32 Å². The maximum Gasteiger partial charge on any atom is 0.222 e. The van der Waals surface area contributed by atoms with E-state index >= 15 is 0 Å². The smallest absolute Gasteiger partial charge is 0.222 e. The summed E-state index contributed by atoms with van der Waals surface area (Å²) in [4.78, 5) is 25.3. The first-order chi connectivity index (χ1) is 14.0. The van der Waals surface area contributed by atoms with Gasteiger partial charge in [0.1, 0.15) is 0 Å². The minimum absolute atomic E-state index is 0.0451. The summed E-state index contributed by atoms with van der Waals surface area (Å²) in [6.45, 7) is 0.103. The van der Waals surface area contributed by atoms with E-state index in [0.717, 1.165) is 5.56 Å². The Morgan fingerprint density at radius 2 is 1.90 bits per heavy atom. The molecule has 2 aromatic carbocycles. The molecule has 1 amide bonds. The number of rotatable bonds is 11. The summed E-state index contributed by atoms with van der Waals surface area (Å²) in [7, 11) is 0. The Bertz CT molecular complexity index is 789. The van der Waals surface area contributed by atoms with Gasteiger partial charge < -0.3 is 10.4 Å². The first-order valence-corrected chi connectivity index (χ1v) is 12.0. The highest BCUT2D eigenvalue weighted by molar-refractivity contribution is 8.14. The van der Waals surface area contributed by atoms with Gasteiger partial charge in [-0.15, -0.1) is 11.8 Å². The number of carbonyl (C=O) groups is 2. The van der Waals surface area contributed by atoms with E-state index in [-0.39, 0.29) is 34.7 Å². The SMILES string of the molecule is CSC(CCCO)NC(=O)CC(Cc1cccc(Cl)c1)SC(=O)c1ccccc1. The van der Waals surface area contributed by atoms with E-state index < -0.39 is 0 Å². The van der Waals surface area contributed by atoms with Crippen LogP contribution in [0.4, 0.5) is 0 Å². The fourth-order valence-electron chi connectivity index (χ4n) is 2.85. The lowest BCUT2D eigenvalue weighted by molar-refractivity contribution is -0.121. The molecule has 156 valence electrons. The molecule has 0 heterocycles. The van der Waals surface area contributed by atoms with Gasteiger partial charge in [-0.25, -0.2) is 0 Å². The summed E-state index contributed by atoms with van der Waals surface area (Å²) < 4.78 is 0. The maximum absolute atomic E-state index is 12.7. The zero-order valence-corrected chi connectivity index (χ0v) is 18.7. The van der Waals surface area contributed by atoms with Crippen LogP contribution in [0.2, 0.25) is 5.02 Å². The van der Waals surface area contributed by atoms with E-state index in [1.165, 1.54) is 11.8 Å². The van der Waals surface area contributed by atoms with Crippen molar-refractivity contribution in [1.82, 2.24) is 5.32 Å². The van der Waals surface area contributed by atoms with Gasteiger partial charge in [0.15, 0.2) is 0 Å². The molecular weight excluding hydrogens is 426 g/mol. The Labute approximate surface area is 185 Å². The van der Waals surface area contributed by atoms with Crippen LogP contribution >= 0.6 is 35.1 Å². The van der Waals surface area contributed by atoms with Gasteiger partial charge in [0.2, 0.25) is 11.0 Å². The van der Waals surface area contributed by atoms with E-state index in [4.69, 9.17) is 16.7 Å². The Morgan fingerprint density at radius 1 is 1.14 bits per heavy atom. The summed E-state index contributed by atoms with van der Waals surface area (Å²) in [6, 6.07) is 16.6. The van der Waals surface area contributed by atoms with E-state index in [9.17, 15) is 9.59 Å². The van der Waals surface area contributed by atoms with Gasteiger partial charge in [0, 0.05) is 28.9 Å². The van der Waals surface area contributed by atoms with Gasteiger partial charge in [0.25, 0.3) is 0 Å². The van der Waals surface area contributed by atoms with Crippen molar-refractivity contribution in [2.24, 2.45) is 0 Å². The molecule has 2 aromatic rings. The zero-order chi connectivity index (χ0) is 21.1. The molecule has 0 saturated carbocycles. The summed E-state index contributed by atoms with van der Waals surface area (Å²) in [5.74, 6) is -0.0947. The maximum atomic E-state index is 12.7. The predicted octanol–water partition coefficient (Wildman–Crippen LogP) is 4.79. The highest BCUT2D eigenvalue weighted by atomic mass is 35.5. The Balaban J connectivity index is 2.06. The Morgan fingerprint density at radius 3 is 2.55 bits per heavy atom. The van der Waals surface area contributed by atoms with Gasteiger partial charge in [-0.3, -0.25) is 9.59 Å². The molecule has 0 aromatic heterocycles. The minimum Gasteiger partial charge on any atom is -0.396 e. The molecule has 0 saturated heterocycles. The Hall–Kier alpha value is -1.47. The van der Waals surface area contributed by atoms with Crippen LogP contribution in [0.5, 0.6) is 0 Å². The lowest BCUT2D eigenvalue weighted by atomic mass is 10.1. The summed E-state index contributed by atoms with van der Waals surface area (Å²) in [5, 5.41) is 12.3. The summed E-state index contributed by atoms with van der Waals surface area (Å²) >= 11 is 8.83. The summed E-state index contributed by atoms with van der Waals surface area (Å²) in [6.07, 6.45) is 4.07. The van der Waals surface area contributed by atoms with E-state index in [1.54, 1.807) is 30.0 Å². The largest absolute Gasteiger partial charge is 0.396 e. The molecule has 0 aliphatic carbocycles. The van der Waals surface area contributed by atoms with Crippen molar-refractivity contribution < 1.29 is 14.7 Å². The van der Waals surface area contributed by atoms with E-state index in [2.05, 4.69) is 5.32 Å². The topological polar surface area (TPSA) is 66.4 Å². The first kappa shape index (κ1) is 23.8. The molecular formula is C22H26ClNO3S2. The number of hydrogen-bond acceptors (Lipinski definition) is 5. The molecule has 2 N–H and O–H groups in total. The molecule has 0 spiro atoms. The molecule has 0 fully saturated rings. The van der Waals surface area contributed by atoms with Crippen LogP contribution in [0.15, 0.2) is 54.6 Å². The number of thioether (sulfide) groups is 2. The van der Waals surface area contributed by atoms with E-state index in [0.29, 0.717) is 29.8 Å². The third-order valence-electron chi connectivity index (χ3n) is 4.28. The van der Waals surface area contributed by atoms with Crippen molar-refractivity contribution in [2.45, 2.75) is 36.3 Å². The third-order valence-corrected chi connectivity index (χ3v) is 6.55. The molecule has 2 atom stereocenters. The molecule has 0 bridgehead atoms. The van der Waals surface area contributed by atoms with Crippen molar-refractivity contribution in [3.8, 4) is 0 Å². The van der Waals surface area contributed by atoms with Crippen LogP contribution in [0.3, 0.4) is 0 Å². The lowest BCUT2D eigenvalue weighted by Crippen LogP contribution is -2.34. The number of halogens is 1. The van der Waals surface area contributed by atoms with Crippen molar-refractivity contribution in [3.05, 3.63) is 70.7 Å². The van der Waals surface area contributed by atoms with Crippen molar-refractivity contribution in [2.75, 3.05) is 12.9 Å². The molecule has 0 radical (unpaired) electrons. The molecule has 2 rings (SSSR count). The second-order valence-electron chi connectivity index (χ2n) is 6.59. The lowest BCUT2D eigenvalue weighted by Gasteiger charge is -2.19. The van der Waals surface area contributed by atoms with Gasteiger partial charge in [-0.05, 0) is 43.2 Å². The quantitative estimate of drug-likeness (QED) is 0.480. The second-order valence-corrected chi connectivity index (χ2v) is 9.34. The van der Waals surface area contributed by atoms with Crippen molar-refractivity contribution in [1.29, 1.82) is 0 Å². The standard InChI is InChI=1S/C22H26ClNO3S2/c1-28-21(11-6-12-25)24-20(26)15-19(14-16-7-5-10-18(23)13-16)29-22(27)17-8-3-2-4-9-17/h2-5,7-10,13,19,21,25H,6,11-12,14-15H2,1H3,(H,24,26). The average molecular weight is 452 g/mol. The van der Waals surface area contributed by atoms with Crippen molar-refractivity contribution in [3.63, 3.8) is 0 Å². The van der Waals surface area contributed by atoms with Crippen molar-refractivity contribution >= 4 is 46.1 Å². The van der Waals surface area contributed by atoms with Gasteiger partial charge >= 0.3 is 0 Å². The fourth-order valence-corrected chi connectivity index (χ4v) is 4.80. The first-order valence-electron chi connectivity index (χ1n) is 9.45. The van der Waals surface area contributed by atoms with Gasteiger partial charge in [-0.2, -0.15) is 0 Å². The second kappa shape index (κ2) is 13.0. The van der Waals surface area contributed by atoms with Crippen LogP contribution in [0.1, 0.15) is 35.2 Å². The molecule has 0 aliphatic rings. The molecule has 0 aliphatic heterocycles. The fraction of sp³-hybridized carbons (Fsp3) is 0.364. The highest BCUT2D eigenvalue weighted by Gasteiger charge is 2.21.